The van der Waals surface area contributed by atoms with E-state index in [1.54, 1.807) is 6.92 Å². The molecule has 0 unspecified atom stereocenters. The third kappa shape index (κ3) is 4.40. The number of ether oxygens (including phenoxy) is 1. The first-order valence-electron chi connectivity index (χ1n) is 10.6. The van der Waals surface area contributed by atoms with Crippen LogP contribution in [0.25, 0.3) is 28.0 Å². The molecule has 4 aromatic rings. The highest BCUT2D eigenvalue weighted by Crippen LogP contribution is 2.34. The minimum Gasteiger partial charge on any atom is -0.448 e. The van der Waals surface area contributed by atoms with Crippen molar-refractivity contribution in [2.45, 2.75) is 27.3 Å². The van der Waals surface area contributed by atoms with Gasteiger partial charge in [0.05, 0.1) is 17.8 Å². The Bertz CT molecular complexity index is 1360. The molecule has 0 saturated heterocycles. The van der Waals surface area contributed by atoms with Crippen LogP contribution in [0.3, 0.4) is 0 Å². The number of nitrogens with two attached hydrogens (primary N) is 1. The number of carbonyl (C=O) groups excluding carboxylic acids is 1. The van der Waals surface area contributed by atoms with E-state index in [0.717, 1.165) is 22.5 Å². The lowest BCUT2D eigenvalue weighted by atomic mass is 9.99. The number of benzene rings is 1. The van der Waals surface area contributed by atoms with E-state index >= 15 is 0 Å². The fraction of sp³-hybridized carbons (Fsp3) is 0.261. The number of hydrogen-bond acceptors (Lipinski definition) is 7. The van der Waals surface area contributed by atoms with Crippen LogP contribution >= 0.6 is 0 Å². The van der Waals surface area contributed by atoms with E-state index in [-0.39, 0.29) is 19.1 Å². The predicted octanol–water partition coefficient (Wildman–Crippen LogP) is 2.57. The maximum atomic E-state index is 13.1. The molecule has 0 saturated carbocycles. The smallest absolute Gasteiger partial charge is 0.407 e. The molecule has 1 amide bonds. The van der Waals surface area contributed by atoms with Crippen molar-refractivity contribution in [2.75, 3.05) is 18.9 Å². The summed E-state index contributed by atoms with van der Waals surface area (Å²) in [6.07, 6.45) is -0.551. The van der Waals surface area contributed by atoms with Crippen LogP contribution in [0, 0.1) is 13.8 Å². The van der Waals surface area contributed by atoms with Crippen LogP contribution in [-0.2, 0) is 11.3 Å². The monoisotopic (exact) mass is 447 g/mol. The number of nitrogen functional groups attached to an aromatic ring is 1. The van der Waals surface area contributed by atoms with E-state index < -0.39 is 11.8 Å². The van der Waals surface area contributed by atoms with Gasteiger partial charge in [-0.05, 0) is 38.5 Å². The minimum atomic E-state index is -0.551. The Morgan fingerprint density at radius 1 is 1.09 bits per heavy atom. The number of fused-ring (bicyclic) bond motifs is 1. The van der Waals surface area contributed by atoms with Crippen LogP contribution in [-0.4, -0.2) is 43.4 Å². The molecule has 170 valence electrons. The van der Waals surface area contributed by atoms with Crippen molar-refractivity contribution >= 4 is 17.7 Å². The summed E-state index contributed by atoms with van der Waals surface area (Å²) < 4.78 is 7.60. The maximum absolute atomic E-state index is 13.1. The maximum Gasteiger partial charge on any atom is 0.407 e. The van der Waals surface area contributed by atoms with Gasteiger partial charge in [0.2, 0.25) is 5.95 Å². The molecule has 3 heterocycles. The number of alkyl carbamates (subject to hydrolysis) is 1. The molecule has 10 nitrogen and oxygen atoms in total. The number of aromatic nitrogens is 5. The van der Waals surface area contributed by atoms with Crippen LogP contribution in [0.5, 0.6) is 0 Å². The van der Waals surface area contributed by atoms with E-state index in [1.165, 1.54) is 9.08 Å². The molecule has 0 bridgehead atoms. The number of aryl methyl sites for hydroxylation is 2. The summed E-state index contributed by atoms with van der Waals surface area (Å²) in [7, 11) is 0. The predicted molar refractivity (Wildman–Crippen MR) is 125 cm³/mol. The summed E-state index contributed by atoms with van der Waals surface area (Å²) in [5.41, 5.74) is 10.7. The molecule has 0 fully saturated rings. The minimum absolute atomic E-state index is 0.0166. The summed E-state index contributed by atoms with van der Waals surface area (Å²) in [6.45, 7) is 6.11. The van der Waals surface area contributed by atoms with Crippen molar-refractivity contribution in [3.8, 4) is 22.4 Å². The zero-order chi connectivity index (χ0) is 23.5. The van der Waals surface area contributed by atoms with Gasteiger partial charge in [-0.3, -0.25) is 4.98 Å². The molecule has 0 spiro atoms. The molecule has 33 heavy (non-hydrogen) atoms. The third-order valence-corrected chi connectivity index (χ3v) is 5.03. The molecule has 0 aliphatic carbocycles. The topological polar surface area (TPSA) is 129 Å². The van der Waals surface area contributed by atoms with Crippen LogP contribution in [0.1, 0.15) is 18.3 Å². The number of anilines is 1. The Hall–Kier alpha value is -4.21. The summed E-state index contributed by atoms with van der Waals surface area (Å²) in [4.78, 5) is 33.7. The van der Waals surface area contributed by atoms with E-state index in [9.17, 15) is 9.59 Å². The number of carbonyl (C=O) groups is 1. The van der Waals surface area contributed by atoms with Crippen molar-refractivity contribution < 1.29 is 9.53 Å². The van der Waals surface area contributed by atoms with Gasteiger partial charge in [-0.15, -0.1) is 5.10 Å². The number of rotatable bonds is 6. The largest absolute Gasteiger partial charge is 0.448 e. The molecule has 3 aromatic heterocycles. The first-order chi connectivity index (χ1) is 15.9. The molecule has 0 atom stereocenters. The van der Waals surface area contributed by atoms with Crippen LogP contribution < -0.4 is 16.7 Å². The Balaban J connectivity index is 1.90. The lowest BCUT2D eigenvalue weighted by molar-refractivity contribution is 0.141. The van der Waals surface area contributed by atoms with E-state index in [1.807, 2.05) is 56.3 Å². The van der Waals surface area contributed by atoms with Crippen LogP contribution in [0.4, 0.5) is 10.7 Å². The summed E-state index contributed by atoms with van der Waals surface area (Å²) >= 11 is 0. The van der Waals surface area contributed by atoms with Gasteiger partial charge in [-0.2, -0.15) is 0 Å². The number of pyridine rings is 1. The lowest BCUT2D eigenvalue weighted by Crippen LogP contribution is -2.28. The highest BCUT2D eigenvalue weighted by atomic mass is 16.5. The molecule has 1 aromatic carbocycles. The zero-order valence-electron chi connectivity index (χ0n) is 18.7. The normalized spacial score (nSPS) is 11.0. The lowest BCUT2D eigenvalue weighted by Gasteiger charge is -2.13. The average molecular weight is 447 g/mol. The standard InChI is InChI=1S/C23H25N7O3/c1-4-25-22(31)33-11-10-29-23(32)30-20(28-29)18(17-12-14(2)26-15(3)13-17)19(27-21(30)24)16-8-6-5-7-9-16/h5-9,12-13H,4,10-11H2,1-3H3,(H2,24,27)(H,25,31). The first kappa shape index (κ1) is 22.0. The molecular weight excluding hydrogens is 422 g/mol. The van der Waals surface area contributed by atoms with Crippen LogP contribution in [0.2, 0.25) is 0 Å². The van der Waals surface area contributed by atoms with Gasteiger partial charge in [0.15, 0.2) is 5.65 Å². The number of amides is 1. The Morgan fingerprint density at radius 3 is 2.45 bits per heavy atom. The summed E-state index contributed by atoms with van der Waals surface area (Å²) in [6, 6.07) is 13.4. The molecule has 3 N–H and O–H groups in total. The van der Waals surface area contributed by atoms with Gasteiger partial charge in [-0.25, -0.2) is 23.7 Å². The summed E-state index contributed by atoms with van der Waals surface area (Å²) in [5, 5.41) is 7.09. The second kappa shape index (κ2) is 9.11. The fourth-order valence-electron chi connectivity index (χ4n) is 3.72. The zero-order valence-corrected chi connectivity index (χ0v) is 18.7. The number of hydrogen-bond donors (Lipinski definition) is 2. The first-order valence-corrected chi connectivity index (χ1v) is 10.6. The van der Waals surface area contributed by atoms with E-state index in [2.05, 4.69) is 20.4 Å². The van der Waals surface area contributed by atoms with Crippen molar-refractivity contribution in [1.82, 2.24) is 29.5 Å². The SMILES string of the molecule is CCNC(=O)OCCn1nc2c(-c3cc(C)nc(C)c3)c(-c3ccccc3)nc(N)n2c1=O. The van der Waals surface area contributed by atoms with Crippen molar-refractivity contribution in [3.63, 3.8) is 0 Å². The van der Waals surface area contributed by atoms with Crippen molar-refractivity contribution in [2.24, 2.45) is 0 Å². The molecule has 10 heteroatoms. The average Bonchev–Trinajstić information content (AvgIpc) is 3.10. The van der Waals surface area contributed by atoms with Crippen molar-refractivity contribution in [1.29, 1.82) is 0 Å². The van der Waals surface area contributed by atoms with Gasteiger partial charge >= 0.3 is 11.8 Å². The van der Waals surface area contributed by atoms with Crippen LogP contribution in [0.15, 0.2) is 47.3 Å². The van der Waals surface area contributed by atoms with Crippen molar-refractivity contribution in [3.05, 3.63) is 64.3 Å². The summed E-state index contributed by atoms with van der Waals surface area (Å²) in [5.74, 6) is 0.0241. The van der Waals surface area contributed by atoms with Gasteiger partial charge in [0, 0.05) is 23.5 Å². The van der Waals surface area contributed by atoms with Gasteiger partial charge < -0.3 is 15.8 Å². The Labute approximate surface area is 190 Å². The fourth-order valence-corrected chi connectivity index (χ4v) is 3.72. The highest BCUT2D eigenvalue weighted by Gasteiger charge is 2.22. The molecule has 0 aliphatic heterocycles. The van der Waals surface area contributed by atoms with Gasteiger partial charge in [0.25, 0.3) is 0 Å². The second-order valence-corrected chi connectivity index (χ2v) is 7.53. The Morgan fingerprint density at radius 2 is 1.79 bits per heavy atom. The van der Waals surface area contributed by atoms with Gasteiger partial charge in [0.1, 0.15) is 6.61 Å². The third-order valence-electron chi connectivity index (χ3n) is 5.03. The van der Waals surface area contributed by atoms with E-state index in [0.29, 0.717) is 23.4 Å². The molecular formula is C23H25N7O3. The highest BCUT2D eigenvalue weighted by molar-refractivity contribution is 5.90. The molecule has 0 aliphatic rings. The quantitative estimate of drug-likeness (QED) is 0.465. The molecule has 0 radical (unpaired) electrons. The number of nitrogens with one attached hydrogen (secondary N) is 1. The molecule has 4 rings (SSSR count). The number of nitrogens with zero attached hydrogens (tertiary/aromatic N) is 5. The van der Waals surface area contributed by atoms with Gasteiger partial charge in [-0.1, -0.05) is 30.3 Å². The second-order valence-electron chi connectivity index (χ2n) is 7.53. The Kier molecular flexibility index (Phi) is 6.07. The van der Waals surface area contributed by atoms with E-state index in [4.69, 9.17) is 10.5 Å².